The first-order valence-electron chi connectivity index (χ1n) is 4.02. The van der Waals surface area contributed by atoms with Crippen LogP contribution in [0.5, 0.6) is 0 Å². The van der Waals surface area contributed by atoms with E-state index in [9.17, 15) is 4.79 Å². The summed E-state index contributed by atoms with van der Waals surface area (Å²) in [7, 11) is 0. The summed E-state index contributed by atoms with van der Waals surface area (Å²) in [6.45, 7) is 0. The van der Waals surface area contributed by atoms with Crippen molar-refractivity contribution in [2.45, 2.75) is 18.9 Å². The van der Waals surface area contributed by atoms with Gasteiger partial charge in [0.15, 0.2) is 0 Å². The van der Waals surface area contributed by atoms with Crippen LogP contribution in [-0.4, -0.2) is 17.1 Å². The van der Waals surface area contributed by atoms with Crippen LogP contribution in [0.1, 0.15) is 12.8 Å². The standard InChI is InChI=1S/C9H13NO2/c10-8(9(11)12)6-7-4-2-1-3-5-7/h1-4,7-8H,5-6,10H2,(H,11,12)/t7?,8-/m1/s1. The molecule has 0 aromatic heterocycles. The molecule has 0 fully saturated rings. The molecule has 0 aromatic carbocycles. The van der Waals surface area contributed by atoms with Gasteiger partial charge in [0.2, 0.25) is 0 Å². The van der Waals surface area contributed by atoms with Gasteiger partial charge < -0.3 is 10.8 Å². The number of hydrogen-bond donors (Lipinski definition) is 2. The molecule has 3 nitrogen and oxygen atoms in total. The molecular weight excluding hydrogens is 154 g/mol. The van der Waals surface area contributed by atoms with E-state index in [4.69, 9.17) is 10.8 Å². The maximum atomic E-state index is 10.4. The minimum Gasteiger partial charge on any atom is -0.480 e. The number of carbonyl (C=O) groups is 1. The number of rotatable bonds is 3. The van der Waals surface area contributed by atoms with Gasteiger partial charge in [-0.1, -0.05) is 24.3 Å². The third-order valence-electron chi connectivity index (χ3n) is 1.94. The first-order valence-corrected chi connectivity index (χ1v) is 4.02. The molecular formula is C9H13NO2. The zero-order valence-corrected chi connectivity index (χ0v) is 6.81. The molecule has 0 aliphatic heterocycles. The van der Waals surface area contributed by atoms with Crippen LogP contribution in [0.15, 0.2) is 24.3 Å². The lowest BCUT2D eigenvalue weighted by Gasteiger charge is -2.14. The van der Waals surface area contributed by atoms with Crippen molar-refractivity contribution in [3.63, 3.8) is 0 Å². The largest absolute Gasteiger partial charge is 0.480 e. The Morgan fingerprint density at radius 3 is 2.92 bits per heavy atom. The Bertz CT molecular complexity index is 221. The van der Waals surface area contributed by atoms with Crippen molar-refractivity contribution in [3.8, 4) is 0 Å². The van der Waals surface area contributed by atoms with Gasteiger partial charge in [-0.15, -0.1) is 0 Å². The van der Waals surface area contributed by atoms with E-state index in [-0.39, 0.29) is 0 Å². The molecule has 0 heterocycles. The van der Waals surface area contributed by atoms with Gasteiger partial charge in [0.1, 0.15) is 6.04 Å². The van der Waals surface area contributed by atoms with Crippen molar-refractivity contribution in [2.75, 3.05) is 0 Å². The smallest absolute Gasteiger partial charge is 0.320 e. The number of aliphatic carboxylic acids is 1. The van der Waals surface area contributed by atoms with E-state index >= 15 is 0 Å². The Morgan fingerprint density at radius 2 is 2.42 bits per heavy atom. The van der Waals surface area contributed by atoms with Gasteiger partial charge in [0.25, 0.3) is 0 Å². The minimum atomic E-state index is -0.919. The molecule has 0 bridgehead atoms. The van der Waals surface area contributed by atoms with Crippen molar-refractivity contribution in [1.29, 1.82) is 0 Å². The van der Waals surface area contributed by atoms with Crippen LogP contribution in [0.2, 0.25) is 0 Å². The monoisotopic (exact) mass is 167 g/mol. The van der Waals surface area contributed by atoms with Crippen molar-refractivity contribution < 1.29 is 9.90 Å². The minimum absolute atomic E-state index is 0.293. The highest BCUT2D eigenvalue weighted by molar-refractivity contribution is 5.73. The van der Waals surface area contributed by atoms with E-state index in [0.29, 0.717) is 12.3 Å². The van der Waals surface area contributed by atoms with E-state index < -0.39 is 12.0 Å². The molecule has 1 unspecified atom stereocenters. The SMILES string of the molecule is N[C@H](CC1C=CC=CC1)C(=O)O. The molecule has 0 spiro atoms. The number of carboxylic acids is 1. The van der Waals surface area contributed by atoms with Crippen molar-refractivity contribution in [2.24, 2.45) is 11.7 Å². The highest BCUT2D eigenvalue weighted by atomic mass is 16.4. The highest BCUT2D eigenvalue weighted by Crippen LogP contribution is 2.16. The second kappa shape index (κ2) is 4.07. The molecule has 0 saturated heterocycles. The van der Waals surface area contributed by atoms with Gasteiger partial charge in [-0.25, -0.2) is 0 Å². The molecule has 12 heavy (non-hydrogen) atoms. The highest BCUT2D eigenvalue weighted by Gasteiger charge is 2.16. The van der Waals surface area contributed by atoms with Gasteiger partial charge in [0.05, 0.1) is 0 Å². The van der Waals surface area contributed by atoms with E-state index in [0.717, 1.165) is 6.42 Å². The Morgan fingerprint density at radius 1 is 1.67 bits per heavy atom. The van der Waals surface area contributed by atoms with Crippen LogP contribution in [0.3, 0.4) is 0 Å². The fourth-order valence-electron chi connectivity index (χ4n) is 1.23. The van der Waals surface area contributed by atoms with Gasteiger partial charge in [-0.2, -0.15) is 0 Å². The van der Waals surface area contributed by atoms with Crippen LogP contribution >= 0.6 is 0 Å². The average Bonchev–Trinajstić information content (AvgIpc) is 2.06. The van der Waals surface area contributed by atoms with Crippen molar-refractivity contribution >= 4 is 5.97 Å². The van der Waals surface area contributed by atoms with Crippen LogP contribution in [0.4, 0.5) is 0 Å². The Balaban J connectivity index is 2.36. The van der Waals surface area contributed by atoms with Gasteiger partial charge in [-0.05, 0) is 18.8 Å². The van der Waals surface area contributed by atoms with Gasteiger partial charge in [0, 0.05) is 0 Å². The summed E-state index contributed by atoms with van der Waals surface area (Å²) in [6.07, 6.45) is 9.35. The second-order valence-corrected chi connectivity index (χ2v) is 2.99. The van der Waals surface area contributed by atoms with Crippen LogP contribution < -0.4 is 5.73 Å². The quantitative estimate of drug-likeness (QED) is 0.657. The molecule has 0 radical (unpaired) electrons. The predicted molar refractivity (Wildman–Crippen MR) is 46.6 cm³/mol. The van der Waals surface area contributed by atoms with Crippen molar-refractivity contribution in [3.05, 3.63) is 24.3 Å². The third-order valence-corrected chi connectivity index (χ3v) is 1.94. The molecule has 0 amide bonds. The van der Waals surface area contributed by atoms with E-state index in [2.05, 4.69) is 0 Å². The average molecular weight is 167 g/mol. The van der Waals surface area contributed by atoms with Gasteiger partial charge >= 0.3 is 5.97 Å². The summed E-state index contributed by atoms with van der Waals surface area (Å²) in [4.78, 5) is 10.4. The van der Waals surface area contributed by atoms with Crippen molar-refractivity contribution in [1.82, 2.24) is 0 Å². The predicted octanol–water partition coefficient (Wildman–Crippen LogP) is 0.921. The van der Waals surface area contributed by atoms with Crippen LogP contribution in [-0.2, 0) is 4.79 Å². The molecule has 3 heteroatoms. The summed E-state index contributed by atoms with van der Waals surface area (Å²) in [5.41, 5.74) is 5.39. The fourth-order valence-corrected chi connectivity index (χ4v) is 1.23. The summed E-state index contributed by atoms with van der Waals surface area (Å²) in [5, 5.41) is 8.55. The third kappa shape index (κ3) is 2.51. The van der Waals surface area contributed by atoms with E-state index in [1.54, 1.807) is 0 Å². The Kier molecular flexibility index (Phi) is 3.05. The molecule has 0 aromatic rings. The fraction of sp³-hybridized carbons (Fsp3) is 0.444. The van der Waals surface area contributed by atoms with Gasteiger partial charge in [-0.3, -0.25) is 4.79 Å². The summed E-state index contributed by atoms with van der Waals surface area (Å²) in [6, 6.07) is -0.730. The molecule has 66 valence electrons. The van der Waals surface area contributed by atoms with Crippen LogP contribution in [0, 0.1) is 5.92 Å². The lowest BCUT2D eigenvalue weighted by molar-refractivity contribution is -0.138. The maximum Gasteiger partial charge on any atom is 0.320 e. The first-order chi connectivity index (χ1) is 5.70. The topological polar surface area (TPSA) is 63.3 Å². The zero-order valence-electron chi connectivity index (χ0n) is 6.81. The molecule has 1 aliphatic carbocycles. The number of carboxylic acid groups (broad SMARTS) is 1. The van der Waals surface area contributed by atoms with Crippen LogP contribution in [0.25, 0.3) is 0 Å². The number of nitrogens with two attached hydrogens (primary N) is 1. The summed E-state index contributed by atoms with van der Waals surface area (Å²) < 4.78 is 0. The van der Waals surface area contributed by atoms with E-state index in [1.807, 2.05) is 24.3 Å². The lowest BCUT2D eigenvalue weighted by Crippen LogP contribution is -2.32. The molecule has 1 aliphatic rings. The Hall–Kier alpha value is -1.09. The number of hydrogen-bond acceptors (Lipinski definition) is 2. The molecule has 3 N–H and O–H groups in total. The number of allylic oxidation sites excluding steroid dienone is 4. The summed E-state index contributed by atoms with van der Waals surface area (Å²) >= 11 is 0. The Labute approximate surface area is 71.6 Å². The second-order valence-electron chi connectivity index (χ2n) is 2.99. The lowest BCUT2D eigenvalue weighted by atomic mass is 9.94. The molecule has 1 rings (SSSR count). The van der Waals surface area contributed by atoms with E-state index in [1.165, 1.54) is 0 Å². The molecule has 2 atom stereocenters. The maximum absolute atomic E-state index is 10.4. The summed E-state index contributed by atoms with van der Waals surface area (Å²) in [5.74, 6) is -0.626. The molecule has 0 saturated carbocycles. The first kappa shape index (κ1) is 9.00. The normalized spacial score (nSPS) is 23.9. The zero-order chi connectivity index (χ0) is 8.97.